The molecule has 0 saturated heterocycles. The van der Waals surface area contributed by atoms with Crippen LogP contribution in [0.5, 0.6) is 0 Å². The van der Waals surface area contributed by atoms with E-state index in [0.29, 0.717) is 5.75 Å². The fraction of sp³-hybridized carbons (Fsp3) is 0.600. The molecule has 4 nitrogen and oxygen atoms in total. The molecule has 0 aliphatic heterocycles. The predicted molar refractivity (Wildman–Crippen MR) is 67.4 cm³/mol. The van der Waals surface area contributed by atoms with Gasteiger partial charge in [-0.15, -0.1) is 11.8 Å². The maximum atomic E-state index is 9.00. The van der Waals surface area contributed by atoms with Crippen LogP contribution in [0.15, 0.2) is 11.4 Å². The minimum Gasteiger partial charge on any atom is -0.390 e. The number of rotatable bonds is 7. The third-order valence-electron chi connectivity index (χ3n) is 2.03. The van der Waals surface area contributed by atoms with Crippen molar-refractivity contribution >= 4 is 23.5 Å². The SMILES string of the molecule is Cn1c(CO)cnc1SCCCSCC#N. The smallest absolute Gasteiger partial charge is 0.167 e. The first kappa shape index (κ1) is 13.4. The van der Waals surface area contributed by atoms with Crippen molar-refractivity contribution in [1.82, 2.24) is 9.55 Å². The van der Waals surface area contributed by atoms with E-state index in [0.717, 1.165) is 28.8 Å². The average Bonchev–Trinajstić information content (AvgIpc) is 2.65. The maximum absolute atomic E-state index is 9.00. The van der Waals surface area contributed by atoms with Gasteiger partial charge >= 0.3 is 0 Å². The Balaban J connectivity index is 2.22. The molecule has 1 aromatic heterocycles. The molecule has 0 amide bonds. The molecule has 0 atom stereocenters. The maximum Gasteiger partial charge on any atom is 0.167 e. The molecule has 16 heavy (non-hydrogen) atoms. The Morgan fingerprint density at radius 2 is 2.38 bits per heavy atom. The first-order valence-corrected chi connectivity index (χ1v) is 7.12. The third kappa shape index (κ3) is 4.08. The number of aliphatic hydroxyl groups is 1. The Bertz CT molecular complexity index is 359. The zero-order valence-corrected chi connectivity index (χ0v) is 10.9. The lowest BCUT2D eigenvalue weighted by atomic mass is 10.5. The topological polar surface area (TPSA) is 61.8 Å². The fourth-order valence-corrected chi connectivity index (χ4v) is 2.83. The number of aliphatic hydroxyl groups excluding tert-OH is 1. The zero-order chi connectivity index (χ0) is 11.8. The molecule has 0 spiro atoms. The molecule has 0 unspecified atom stereocenters. The zero-order valence-electron chi connectivity index (χ0n) is 9.22. The quantitative estimate of drug-likeness (QED) is 0.594. The summed E-state index contributed by atoms with van der Waals surface area (Å²) in [5.74, 6) is 2.58. The summed E-state index contributed by atoms with van der Waals surface area (Å²) in [5, 5.41) is 18.3. The molecular weight excluding hydrogens is 242 g/mol. The van der Waals surface area contributed by atoms with Crippen LogP contribution in [0.1, 0.15) is 12.1 Å². The van der Waals surface area contributed by atoms with Gasteiger partial charge in [0.15, 0.2) is 5.16 Å². The summed E-state index contributed by atoms with van der Waals surface area (Å²) in [7, 11) is 1.91. The van der Waals surface area contributed by atoms with Crippen LogP contribution in [0.2, 0.25) is 0 Å². The summed E-state index contributed by atoms with van der Waals surface area (Å²) < 4.78 is 1.91. The van der Waals surface area contributed by atoms with Crippen molar-refractivity contribution in [3.63, 3.8) is 0 Å². The van der Waals surface area contributed by atoms with Crippen molar-refractivity contribution in [2.75, 3.05) is 17.3 Å². The fourth-order valence-electron chi connectivity index (χ4n) is 1.15. The van der Waals surface area contributed by atoms with E-state index in [-0.39, 0.29) is 6.61 Å². The number of nitriles is 1. The molecule has 0 aliphatic rings. The van der Waals surface area contributed by atoms with Gasteiger partial charge in [0.25, 0.3) is 0 Å². The Hall–Kier alpha value is -0.640. The molecule has 0 bridgehead atoms. The van der Waals surface area contributed by atoms with Crippen LogP contribution in [-0.4, -0.2) is 31.9 Å². The van der Waals surface area contributed by atoms with Crippen molar-refractivity contribution in [2.24, 2.45) is 7.05 Å². The van der Waals surface area contributed by atoms with Gasteiger partial charge in [-0.2, -0.15) is 5.26 Å². The molecule has 6 heteroatoms. The normalized spacial score (nSPS) is 10.3. The van der Waals surface area contributed by atoms with E-state index >= 15 is 0 Å². The second kappa shape index (κ2) is 7.60. The van der Waals surface area contributed by atoms with Crippen LogP contribution in [0.3, 0.4) is 0 Å². The van der Waals surface area contributed by atoms with Gasteiger partial charge in [-0.25, -0.2) is 4.98 Å². The van der Waals surface area contributed by atoms with Crippen LogP contribution in [-0.2, 0) is 13.7 Å². The molecule has 0 aromatic carbocycles. The second-order valence-electron chi connectivity index (χ2n) is 3.16. The minimum absolute atomic E-state index is 0.0298. The molecule has 1 N–H and O–H groups in total. The van der Waals surface area contributed by atoms with E-state index in [4.69, 9.17) is 10.4 Å². The van der Waals surface area contributed by atoms with Crippen molar-refractivity contribution in [3.05, 3.63) is 11.9 Å². The van der Waals surface area contributed by atoms with Crippen molar-refractivity contribution in [2.45, 2.75) is 18.2 Å². The molecule has 0 fully saturated rings. The van der Waals surface area contributed by atoms with Crippen LogP contribution in [0, 0.1) is 11.3 Å². The van der Waals surface area contributed by atoms with Gasteiger partial charge in [0.1, 0.15) is 0 Å². The van der Waals surface area contributed by atoms with E-state index < -0.39 is 0 Å². The number of hydrogen-bond donors (Lipinski definition) is 1. The van der Waals surface area contributed by atoms with E-state index in [9.17, 15) is 0 Å². The summed E-state index contributed by atoms with van der Waals surface area (Å²) in [4.78, 5) is 4.23. The molecular formula is C10H15N3OS2. The summed E-state index contributed by atoms with van der Waals surface area (Å²) in [6.07, 6.45) is 2.77. The highest BCUT2D eigenvalue weighted by Crippen LogP contribution is 2.18. The van der Waals surface area contributed by atoms with Crippen molar-refractivity contribution < 1.29 is 5.11 Å². The van der Waals surface area contributed by atoms with Gasteiger partial charge in [-0.1, -0.05) is 11.8 Å². The highest BCUT2D eigenvalue weighted by Gasteiger charge is 2.05. The van der Waals surface area contributed by atoms with E-state index in [1.807, 2.05) is 11.6 Å². The first-order chi connectivity index (χ1) is 7.79. The molecule has 88 valence electrons. The Morgan fingerprint density at radius 3 is 3.00 bits per heavy atom. The molecule has 0 aliphatic carbocycles. The van der Waals surface area contributed by atoms with Gasteiger partial charge in [0, 0.05) is 12.8 Å². The summed E-state index contributed by atoms with van der Waals surface area (Å²) in [5.41, 5.74) is 0.835. The number of aromatic nitrogens is 2. The van der Waals surface area contributed by atoms with E-state index in [1.165, 1.54) is 0 Å². The summed E-state index contributed by atoms with van der Waals surface area (Å²) in [6.45, 7) is 0.0298. The molecule has 0 radical (unpaired) electrons. The van der Waals surface area contributed by atoms with Crippen molar-refractivity contribution in [3.8, 4) is 6.07 Å². The predicted octanol–water partition coefficient (Wildman–Crippen LogP) is 1.65. The van der Waals surface area contributed by atoms with E-state index in [2.05, 4.69) is 11.1 Å². The molecule has 0 saturated carbocycles. The monoisotopic (exact) mass is 257 g/mol. The van der Waals surface area contributed by atoms with E-state index in [1.54, 1.807) is 29.7 Å². The third-order valence-corrected chi connectivity index (χ3v) is 4.08. The van der Waals surface area contributed by atoms with Crippen LogP contribution < -0.4 is 0 Å². The highest BCUT2D eigenvalue weighted by atomic mass is 32.2. The average molecular weight is 257 g/mol. The number of imidazole rings is 1. The number of hydrogen-bond acceptors (Lipinski definition) is 5. The lowest BCUT2D eigenvalue weighted by molar-refractivity contribution is 0.271. The second-order valence-corrected chi connectivity index (χ2v) is 5.33. The minimum atomic E-state index is 0.0298. The Morgan fingerprint density at radius 1 is 1.56 bits per heavy atom. The van der Waals surface area contributed by atoms with Gasteiger partial charge in [-0.05, 0) is 12.2 Å². The van der Waals surface area contributed by atoms with Gasteiger partial charge in [-0.3, -0.25) is 0 Å². The van der Waals surface area contributed by atoms with Gasteiger partial charge in [0.05, 0.1) is 30.3 Å². The number of thioether (sulfide) groups is 2. The standard InChI is InChI=1S/C10H15N3OS2/c1-13-9(8-14)7-12-10(13)16-5-2-4-15-6-3-11/h7,14H,2,4-6,8H2,1H3. The summed E-state index contributed by atoms with van der Waals surface area (Å²) >= 11 is 3.35. The molecule has 1 heterocycles. The van der Waals surface area contributed by atoms with Crippen LogP contribution >= 0.6 is 23.5 Å². The lowest BCUT2D eigenvalue weighted by Crippen LogP contribution is -1.98. The first-order valence-electron chi connectivity index (χ1n) is 4.98. The van der Waals surface area contributed by atoms with Gasteiger partial charge in [0.2, 0.25) is 0 Å². The summed E-state index contributed by atoms with van der Waals surface area (Å²) in [6, 6.07) is 2.11. The molecule has 1 rings (SSSR count). The molecule has 1 aromatic rings. The van der Waals surface area contributed by atoms with Crippen LogP contribution in [0.4, 0.5) is 0 Å². The largest absolute Gasteiger partial charge is 0.390 e. The van der Waals surface area contributed by atoms with Crippen molar-refractivity contribution in [1.29, 1.82) is 5.26 Å². The lowest BCUT2D eigenvalue weighted by Gasteiger charge is -2.03. The van der Waals surface area contributed by atoms with Gasteiger partial charge < -0.3 is 9.67 Å². The van der Waals surface area contributed by atoms with Crippen LogP contribution in [0.25, 0.3) is 0 Å². The number of nitrogens with zero attached hydrogens (tertiary/aromatic N) is 3. The Labute approximate surface area is 104 Å². The highest BCUT2D eigenvalue weighted by molar-refractivity contribution is 8.00. The Kier molecular flexibility index (Phi) is 6.38.